The van der Waals surface area contributed by atoms with Crippen LogP contribution in [0.3, 0.4) is 0 Å². The molecule has 0 aliphatic heterocycles. The maximum atomic E-state index is 13.8. The van der Waals surface area contributed by atoms with E-state index in [9.17, 15) is 18.5 Å². The fourth-order valence-electron chi connectivity index (χ4n) is 1.36. The molecule has 0 heterocycles. The summed E-state index contributed by atoms with van der Waals surface area (Å²) in [5.41, 5.74) is -0.922. The minimum Gasteiger partial charge on any atom is -0.386 e. The Kier molecular flexibility index (Phi) is 3.89. The molecule has 3 N–H and O–H groups in total. The number of nitrogens with two attached hydrogens (primary N) is 1. The van der Waals surface area contributed by atoms with Crippen LogP contribution in [0.4, 0.5) is 4.39 Å². The zero-order chi connectivity index (χ0) is 14.1. The van der Waals surface area contributed by atoms with Gasteiger partial charge in [0.25, 0.3) is 5.91 Å². The SMILES string of the molecule is CC(=O)N=S(N)(=O)c1ccc(C(C)(C)O)cc1F. The molecule has 0 saturated carbocycles. The van der Waals surface area contributed by atoms with Gasteiger partial charge < -0.3 is 5.11 Å². The van der Waals surface area contributed by atoms with Crippen LogP contribution in [0.2, 0.25) is 0 Å². The Morgan fingerprint density at radius 1 is 1.50 bits per heavy atom. The monoisotopic (exact) mass is 274 g/mol. The van der Waals surface area contributed by atoms with Gasteiger partial charge in [-0.05, 0) is 31.5 Å². The molecule has 1 amide bonds. The number of carbonyl (C=O) groups is 1. The summed E-state index contributed by atoms with van der Waals surface area (Å²) in [6.45, 7) is 4.05. The standard InChI is InChI=1S/C11H15FN2O3S/c1-7(15)14-18(13,17)10-5-4-8(6-9(10)12)11(2,3)16/h4-6,16H,1-3H3,(H2,13,14,15,17). The summed E-state index contributed by atoms with van der Waals surface area (Å²) in [6, 6.07) is 3.58. The predicted octanol–water partition coefficient (Wildman–Crippen LogP) is 1.30. The molecular weight excluding hydrogens is 259 g/mol. The van der Waals surface area contributed by atoms with E-state index in [1.807, 2.05) is 0 Å². The average molecular weight is 274 g/mol. The van der Waals surface area contributed by atoms with Crippen molar-refractivity contribution in [3.63, 3.8) is 0 Å². The van der Waals surface area contributed by atoms with Crippen LogP contribution in [-0.4, -0.2) is 15.2 Å². The molecule has 0 bridgehead atoms. The summed E-state index contributed by atoms with van der Waals surface area (Å²) in [5, 5.41) is 15.0. The minimum atomic E-state index is -3.58. The highest BCUT2D eigenvalue weighted by Crippen LogP contribution is 2.24. The molecule has 1 aromatic carbocycles. The third kappa shape index (κ3) is 3.34. The van der Waals surface area contributed by atoms with Crippen LogP contribution in [0, 0.1) is 5.82 Å². The summed E-state index contributed by atoms with van der Waals surface area (Å²) in [4.78, 5) is 10.4. The van der Waals surface area contributed by atoms with E-state index in [1.165, 1.54) is 19.9 Å². The maximum Gasteiger partial charge on any atom is 0.251 e. The quantitative estimate of drug-likeness (QED) is 0.851. The first-order valence-electron chi connectivity index (χ1n) is 5.12. The fraction of sp³-hybridized carbons (Fsp3) is 0.364. The lowest BCUT2D eigenvalue weighted by Gasteiger charge is -2.18. The van der Waals surface area contributed by atoms with Crippen LogP contribution in [0.5, 0.6) is 0 Å². The first-order chi connectivity index (χ1) is 8.04. The number of halogens is 1. The number of benzene rings is 1. The highest BCUT2D eigenvalue weighted by Gasteiger charge is 2.20. The second-order valence-electron chi connectivity index (χ2n) is 4.38. The second kappa shape index (κ2) is 4.75. The van der Waals surface area contributed by atoms with E-state index in [-0.39, 0.29) is 4.90 Å². The van der Waals surface area contributed by atoms with Gasteiger partial charge in [-0.25, -0.2) is 13.7 Å². The van der Waals surface area contributed by atoms with Crippen molar-refractivity contribution in [2.24, 2.45) is 9.50 Å². The molecule has 0 spiro atoms. The summed E-state index contributed by atoms with van der Waals surface area (Å²) in [6.07, 6.45) is 0. The van der Waals surface area contributed by atoms with Crippen LogP contribution in [0.1, 0.15) is 26.3 Å². The van der Waals surface area contributed by atoms with E-state index in [0.29, 0.717) is 5.56 Å². The van der Waals surface area contributed by atoms with Gasteiger partial charge >= 0.3 is 0 Å². The Morgan fingerprint density at radius 3 is 2.44 bits per heavy atom. The van der Waals surface area contributed by atoms with E-state index in [0.717, 1.165) is 19.1 Å². The average Bonchev–Trinajstić information content (AvgIpc) is 2.13. The van der Waals surface area contributed by atoms with Gasteiger partial charge in [0.15, 0.2) is 0 Å². The Balaban J connectivity index is 3.40. The third-order valence-electron chi connectivity index (χ3n) is 2.22. The van der Waals surface area contributed by atoms with Crippen molar-refractivity contribution in [1.82, 2.24) is 0 Å². The van der Waals surface area contributed by atoms with E-state index >= 15 is 0 Å². The normalized spacial score (nSPS) is 15.0. The lowest BCUT2D eigenvalue weighted by Crippen LogP contribution is -2.19. The molecule has 1 unspecified atom stereocenters. The van der Waals surface area contributed by atoms with Crippen LogP contribution >= 0.6 is 0 Å². The van der Waals surface area contributed by atoms with Gasteiger partial charge in [-0.3, -0.25) is 4.79 Å². The van der Waals surface area contributed by atoms with Crippen molar-refractivity contribution in [1.29, 1.82) is 0 Å². The van der Waals surface area contributed by atoms with Gasteiger partial charge in [-0.15, -0.1) is 4.36 Å². The zero-order valence-corrected chi connectivity index (χ0v) is 11.1. The molecule has 18 heavy (non-hydrogen) atoms. The van der Waals surface area contributed by atoms with Gasteiger partial charge in [0.1, 0.15) is 15.7 Å². The molecule has 1 aromatic rings. The highest BCUT2D eigenvalue weighted by molar-refractivity contribution is 7.91. The fourth-order valence-corrected chi connectivity index (χ4v) is 2.44. The van der Waals surface area contributed by atoms with E-state index in [4.69, 9.17) is 5.14 Å². The topological polar surface area (TPSA) is 92.8 Å². The van der Waals surface area contributed by atoms with Crippen molar-refractivity contribution in [2.45, 2.75) is 31.3 Å². The highest BCUT2D eigenvalue weighted by atomic mass is 32.2. The molecule has 1 rings (SSSR count). The van der Waals surface area contributed by atoms with Crippen molar-refractivity contribution < 1.29 is 18.5 Å². The van der Waals surface area contributed by atoms with Gasteiger partial charge in [-0.1, -0.05) is 6.07 Å². The summed E-state index contributed by atoms with van der Waals surface area (Å²) in [5.74, 6) is -1.61. The predicted molar refractivity (Wildman–Crippen MR) is 65.3 cm³/mol. The van der Waals surface area contributed by atoms with Gasteiger partial charge in [0, 0.05) is 6.92 Å². The molecule has 0 fully saturated rings. The number of carbonyl (C=O) groups excluding carboxylic acids is 1. The van der Waals surface area contributed by atoms with Crippen LogP contribution in [0.25, 0.3) is 0 Å². The molecule has 100 valence electrons. The van der Waals surface area contributed by atoms with Crippen molar-refractivity contribution in [2.75, 3.05) is 0 Å². The number of amides is 1. The molecule has 0 aromatic heterocycles. The van der Waals surface area contributed by atoms with Crippen LogP contribution in [0.15, 0.2) is 27.5 Å². The molecular formula is C11H15FN2O3S. The smallest absolute Gasteiger partial charge is 0.251 e. The number of hydrogen-bond acceptors (Lipinski definition) is 3. The van der Waals surface area contributed by atoms with Crippen molar-refractivity contribution >= 4 is 15.8 Å². The van der Waals surface area contributed by atoms with Gasteiger partial charge in [-0.2, -0.15) is 0 Å². The third-order valence-corrected chi connectivity index (χ3v) is 3.71. The van der Waals surface area contributed by atoms with Crippen LogP contribution in [-0.2, 0) is 20.3 Å². The first-order valence-corrected chi connectivity index (χ1v) is 6.70. The number of aliphatic hydroxyl groups is 1. The maximum absolute atomic E-state index is 13.8. The Bertz CT molecular complexity index is 599. The molecule has 0 radical (unpaired) electrons. The number of rotatable bonds is 2. The molecule has 1 atom stereocenters. The Morgan fingerprint density at radius 2 is 2.06 bits per heavy atom. The number of nitrogens with zero attached hydrogens (tertiary/aromatic N) is 1. The molecule has 0 aliphatic carbocycles. The molecule has 0 saturated heterocycles. The molecule has 7 heteroatoms. The lowest BCUT2D eigenvalue weighted by atomic mass is 9.99. The Hall–Kier alpha value is -1.31. The Labute approximate surface area is 105 Å². The van der Waals surface area contributed by atoms with E-state index in [2.05, 4.69) is 4.36 Å². The first kappa shape index (κ1) is 14.7. The largest absolute Gasteiger partial charge is 0.386 e. The van der Waals surface area contributed by atoms with Gasteiger partial charge in [0.2, 0.25) is 0 Å². The zero-order valence-electron chi connectivity index (χ0n) is 10.3. The summed E-state index contributed by atoms with van der Waals surface area (Å²) < 4.78 is 28.8. The van der Waals surface area contributed by atoms with Crippen molar-refractivity contribution in [3.05, 3.63) is 29.6 Å². The van der Waals surface area contributed by atoms with E-state index < -0.39 is 27.2 Å². The number of hydrogen-bond donors (Lipinski definition) is 2. The second-order valence-corrected chi connectivity index (χ2v) is 6.14. The van der Waals surface area contributed by atoms with Crippen LogP contribution < -0.4 is 5.14 Å². The summed E-state index contributed by atoms with van der Waals surface area (Å²) >= 11 is 0. The van der Waals surface area contributed by atoms with E-state index in [1.54, 1.807) is 0 Å². The van der Waals surface area contributed by atoms with Gasteiger partial charge in [0.05, 0.1) is 10.5 Å². The molecule has 0 aliphatic rings. The lowest BCUT2D eigenvalue weighted by molar-refractivity contribution is -0.115. The summed E-state index contributed by atoms with van der Waals surface area (Å²) in [7, 11) is -3.58. The minimum absolute atomic E-state index is 0.307. The van der Waals surface area contributed by atoms with Crippen molar-refractivity contribution in [3.8, 4) is 0 Å². The molecule has 5 nitrogen and oxygen atoms in total.